The first kappa shape index (κ1) is 17.4. The Morgan fingerprint density at radius 1 is 0.778 bits per heavy atom. The summed E-state index contributed by atoms with van der Waals surface area (Å²) in [7, 11) is 0. The summed E-state index contributed by atoms with van der Waals surface area (Å²) in [5.74, 6) is 0.334. The van der Waals surface area contributed by atoms with Crippen LogP contribution in [0.4, 0.5) is 21.9 Å². The monoisotopic (exact) mass is 364 g/mol. The molecule has 1 aliphatic carbocycles. The Balaban J connectivity index is 1.28. The van der Waals surface area contributed by atoms with Crippen LogP contribution in [0.25, 0.3) is 0 Å². The number of para-hydroxylation sites is 1. The number of amides is 3. The normalized spacial score (nSPS) is 16.7. The molecule has 6 nitrogen and oxygen atoms in total. The van der Waals surface area contributed by atoms with E-state index in [1.54, 1.807) is 0 Å². The fourth-order valence-electron chi connectivity index (χ4n) is 3.24. The van der Waals surface area contributed by atoms with Gasteiger partial charge in [0.05, 0.1) is 0 Å². The van der Waals surface area contributed by atoms with Crippen molar-refractivity contribution in [2.45, 2.75) is 12.8 Å². The highest BCUT2D eigenvalue weighted by Crippen LogP contribution is 2.30. The minimum Gasteiger partial charge on any atom is -0.368 e. The Morgan fingerprint density at radius 3 is 2.04 bits per heavy atom. The predicted octanol–water partition coefficient (Wildman–Crippen LogP) is 3.39. The fraction of sp³-hybridized carbons (Fsp3) is 0.333. The van der Waals surface area contributed by atoms with Crippen molar-refractivity contribution in [2.75, 3.05) is 41.7 Å². The van der Waals surface area contributed by atoms with Gasteiger partial charge in [0.15, 0.2) is 0 Å². The van der Waals surface area contributed by atoms with Gasteiger partial charge in [-0.15, -0.1) is 0 Å². The molecular weight excluding hydrogens is 340 g/mol. The predicted molar refractivity (Wildman–Crippen MR) is 107 cm³/mol. The smallest absolute Gasteiger partial charge is 0.321 e. The first-order chi connectivity index (χ1) is 13.2. The Hall–Kier alpha value is -3.02. The molecule has 0 aromatic heterocycles. The molecule has 0 atom stereocenters. The number of benzene rings is 2. The van der Waals surface area contributed by atoms with Crippen LogP contribution in [0.15, 0.2) is 54.6 Å². The van der Waals surface area contributed by atoms with Crippen molar-refractivity contribution in [2.24, 2.45) is 5.92 Å². The Morgan fingerprint density at radius 2 is 1.41 bits per heavy atom. The van der Waals surface area contributed by atoms with Crippen molar-refractivity contribution < 1.29 is 9.59 Å². The summed E-state index contributed by atoms with van der Waals surface area (Å²) in [4.78, 5) is 28.3. The zero-order chi connectivity index (χ0) is 18.6. The third-order valence-electron chi connectivity index (χ3n) is 5.04. The van der Waals surface area contributed by atoms with Crippen LogP contribution in [-0.4, -0.2) is 43.0 Å². The average Bonchev–Trinajstić information content (AvgIpc) is 3.55. The molecule has 2 N–H and O–H groups in total. The van der Waals surface area contributed by atoms with Crippen molar-refractivity contribution >= 4 is 29.0 Å². The quantitative estimate of drug-likeness (QED) is 0.874. The van der Waals surface area contributed by atoms with Crippen LogP contribution in [0, 0.1) is 5.92 Å². The maximum Gasteiger partial charge on any atom is 0.321 e. The summed E-state index contributed by atoms with van der Waals surface area (Å²) < 4.78 is 0. The standard InChI is InChI=1S/C21H24N4O2/c26-20(16-6-7-16)22-18-8-10-19(11-9-18)24-12-14-25(15-13-24)21(27)23-17-4-2-1-3-5-17/h1-5,8-11,16H,6-7,12-15H2,(H,22,26)(H,23,27). The lowest BCUT2D eigenvalue weighted by Crippen LogP contribution is -2.50. The fourth-order valence-corrected chi connectivity index (χ4v) is 3.24. The van der Waals surface area contributed by atoms with Crippen molar-refractivity contribution in [1.29, 1.82) is 0 Å². The lowest BCUT2D eigenvalue weighted by molar-refractivity contribution is -0.117. The molecule has 4 rings (SSSR count). The van der Waals surface area contributed by atoms with Gasteiger partial charge in [-0.25, -0.2) is 4.79 Å². The third-order valence-corrected chi connectivity index (χ3v) is 5.04. The van der Waals surface area contributed by atoms with Crippen molar-refractivity contribution in [3.8, 4) is 0 Å². The van der Waals surface area contributed by atoms with E-state index in [2.05, 4.69) is 15.5 Å². The molecular formula is C21H24N4O2. The number of carbonyl (C=O) groups is 2. The zero-order valence-electron chi connectivity index (χ0n) is 15.2. The number of rotatable bonds is 4. The largest absolute Gasteiger partial charge is 0.368 e. The SMILES string of the molecule is O=C(Nc1ccc(N2CCN(C(=O)Nc3ccccc3)CC2)cc1)C1CC1. The number of hydrogen-bond acceptors (Lipinski definition) is 3. The van der Waals surface area contributed by atoms with Gasteiger partial charge in [0.1, 0.15) is 0 Å². The van der Waals surface area contributed by atoms with Crippen LogP contribution in [0.3, 0.4) is 0 Å². The minimum atomic E-state index is -0.0565. The van der Waals surface area contributed by atoms with Crippen molar-refractivity contribution in [3.63, 3.8) is 0 Å². The number of hydrogen-bond donors (Lipinski definition) is 2. The third kappa shape index (κ3) is 4.39. The Bertz CT molecular complexity index is 795. The second-order valence-electron chi connectivity index (χ2n) is 7.08. The van der Waals surface area contributed by atoms with Crippen LogP contribution >= 0.6 is 0 Å². The van der Waals surface area contributed by atoms with E-state index in [0.29, 0.717) is 13.1 Å². The van der Waals surface area contributed by atoms with E-state index in [4.69, 9.17) is 0 Å². The first-order valence-electron chi connectivity index (χ1n) is 9.46. The molecule has 2 aliphatic rings. The molecule has 140 valence electrons. The van der Waals surface area contributed by atoms with E-state index in [-0.39, 0.29) is 17.9 Å². The second kappa shape index (κ2) is 7.70. The van der Waals surface area contributed by atoms with Crippen molar-refractivity contribution in [3.05, 3.63) is 54.6 Å². The van der Waals surface area contributed by atoms with E-state index in [9.17, 15) is 9.59 Å². The maximum atomic E-state index is 12.4. The number of anilines is 3. The minimum absolute atomic E-state index is 0.0565. The molecule has 1 saturated carbocycles. The number of carbonyl (C=O) groups excluding carboxylic acids is 2. The van der Waals surface area contributed by atoms with Crippen LogP contribution in [0.2, 0.25) is 0 Å². The number of urea groups is 1. The maximum absolute atomic E-state index is 12.4. The molecule has 6 heteroatoms. The highest BCUT2D eigenvalue weighted by atomic mass is 16.2. The molecule has 0 bridgehead atoms. The van der Waals surface area contributed by atoms with E-state index in [0.717, 1.165) is 43.0 Å². The van der Waals surface area contributed by atoms with Crippen LogP contribution in [-0.2, 0) is 4.79 Å². The van der Waals surface area contributed by atoms with Crippen molar-refractivity contribution in [1.82, 2.24) is 4.90 Å². The topological polar surface area (TPSA) is 64.7 Å². The van der Waals surface area contributed by atoms with Gasteiger partial charge >= 0.3 is 6.03 Å². The molecule has 1 aliphatic heterocycles. The molecule has 2 aromatic rings. The molecule has 0 radical (unpaired) electrons. The molecule has 0 spiro atoms. The first-order valence-corrected chi connectivity index (χ1v) is 9.46. The van der Waals surface area contributed by atoms with E-state index in [1.165, 1.54) is 0 Å². The van der Waals surface area contributed by atoms with Gasteiger partial charge < -0.3 is 20.4 Å². The average molecular weight is 364 g/mol. The van der Waals surface area contributed by atoms with Crippen LogP contribution in [0.5, 0.6) is 0 Å². The van der Waals surface area contributed by atoms with Crippen LogP contribution < -0.4 is 15.5 Å². The van der Waals surface area contributed by atoms with E-state index in [1.807, 2.05) is 59.5 Å². The lowest BCUT2D eigenvalue weighted by atomic mass is 10.2. The van der Waals surface area contributed by atoms with Gasteiger partial charge in [-0.3, -0.25) is 4.79 Å². The highest BCUT2D eigenvalue weighted by Gasteiger charge is 2.29. The molecule has 2 fully saturated rings. The van der Waals surface area contributed by atoms with Gasteiger partial charge in [0.25, 0.3) is 0 Å². The second-order valence-corrected chi connectivity index (χ2v) is 7.08. The molecule has 1 saturated heterocycles. The number of piperazine rings is 1. The summed E-state index contributed by atoms with van der Waals surface area (Å²) in [5.41, 5.74) is 2.77. The number of nitrogens with one attached hydrogen (secondary N) is 2. The van der Waals surface area contributed by atoms with Gasteiger partial charge in [-0.2, -0.15) is 0 Å². The summed E-state index contributed by atoms with van der Waals surface area (Å²) in [6.45, 7) is 2.93. The molecule has 0 unspecified atom stereocenters. The molecule has 3 amide bonds. The summed E-state index contributed by atoms with van der Waals surface area (Å²) in [6, 6.07) is 17.4. The van der Waals surface area contributed by atoms with Gasteiger partial charge in [0.2, 0.25) is 5.91 Å². The summed E-state index contributed by atoms with van der Waals surface area (Å²) in [6.07, 6.45) is 2.01. The van der Waals surface area contributed by atoms with Gasteiger partial charge in [-0.1, -0.05) is 18.2 Å². The molecule has 1 heterocycles. The highest BCUT2D eigenvalue weighted by molar-refractivity contribution is 5.94. The van der Waals surface area contributed by atoms with Crippen LogP contribution in [0.1, 0.15) is 12.8 Å². The number of nitrogens with zero attached hydrogens (tertiary/aromatic N) is 2. The lowest BCUT2D eigenvalue weighted by Gasteiger charge is -2.36. The molecule has 27 heavy (non-hydrogen) atoms. The zero-order valence-corrected chi connectivity index (χ0v) is 15.2. The van der Waals surface area contributed by atoms with Gasteiger partial charge in [-0.05, 0) is 49.2 Å². The van der Waals surface area contributed by atoms with E-state index < -0.39 is 0 Å². The summed E-state index contributed by atoms with van der Waals surface area (Å²) in [5, 5.41) is 5.89. The Labute approximate surface area is 159 Å². The van der Waals surface area contributed by atoms with E-state index >= 15 is 0 Å². The Kier molecular flexibility index (Phi) is 4.96. The van der Waals surface area contributed by atoms with Gasteiger partial charge in [0, 0.05) is 49.2 Å². The summed E-state index contributed by atoms with van der Waals surface area (Å²) >= 11 is 0. The molecule has 2 aromatic carbocycles.